The van der Waals surface area contributed by atoms with Crippen molar-refractivity contribution in [1.29, 1.82) is 0 Å². The van der Waals surface area contributed by atoms with Gasteiger partial charge < -0.3 is 14.6 Å². The quantitative estimate of drug-likeness (QED) is 0.480. The molecular weight excluding hydrogens is 304 g/mol. The zero-order valence-corrected chi connectivity index (χ0v) is 15.7. The Kier molecular flexibility index (Phi) is 6.61. The Morgan fingerprint density at radius 2 is 1.58 bits per heavy atom. The summed E-state index contributed by atoms with van der Waals surface area (Å²) >= 11 is 0. The molecule has 0 saturated heterocycles. The number of hydrogen-bond donors (Lipinski definition) is 1. The van der Waals surface area contributed by atoms with Crippen molar-refractivity contribution in [2.75, 3.05) is 13.2 Å². The van der Waals surface area contributed by atoms with E-state index in [1.54, 1.807) is 0 Å². The maximum absolute atomic E-state index is 11.0. The van der Waals surface area contributed by atoms with Crippen LogP contribution in [0.25, 0.3) is 0 Å². The van der Waals surface area contributed by atoms with Crippen LogP contribution < -0.4 is 0 Å². The summed E-state index contributed by atoms with van der Waals surface area (Å²) in [6.45, 7) is 16.7. The molecule has 0 aromatic heterocycles. The Morgan fingerprint density at radius 3 is 2.00 bits per heavy atom. The van der Waals surface area contributed by atoms with Gasteiger partial charge in [0.25, 0.3) is 0 Å². The van der Waals surface area contributed by atoms with Gasteiger partial charge in [0.15, 0.2) is 0 Å². The summed E-state index contributed by atoms with van der Waals surface area (Å²) in [5.41, 5.74) is 2.48. The Hall–Kier alpha value is -1.81. The normalized spacial score (nSPS) is 12.1. The molecule has 1 rings (SSSR count). The molecule has 0 aliphatic carbocycles. The summed E-state index contributed by atoms with van der Waals surface area (Å²) in [7, 11) is 0. The van der Waals surface area contributed by atoms with Crippen molar-refractivity contribution in [3.63, 3.8) is 0 Å². The second-order valence-electron chi connectivity index (χ2n) is 7.96. The topological polar surface area (TPSA) is 55.8 Å². The van der Waals surface area contributed by atoms with E-state index in [0.29, 0.717) is 19.0 Å². The van der Waals surface area contributed by atoms with Gasteiger partial charge in [-0.25, -0.2) is 4.79 Å². The third kappa shape index (κ3) is 5.68. The lowest BCUT2D eigenvalue weighted by atomic mass is 9.78. The molecule has 1 aromatic carbocycles. The van der Waals surface area contributed by atoms with Crippen LogP contribution in [0.4, 0.5) is 0 Å². The largest absolute Gasteiger partial charge is 0.507 e. The van der Waals surface area contributed by atoms with Gasteiger partial charge in [0.1, 0.15) is 12.4 Å². The first-order chi connectivity index (χ1) is 11.0. The zero-order chi connectivity index (χ0) is 18.5. The molecule has 0 aliphatic heterocycles. The van der Waals surface area contributed by atoms with Gasteiger partial charge >= 0.3 is 5.97 Å². The summed E-state index contributed by atoms with van der Waals surface area (Å²) < 4.78 is 10.5. The van der Waals surface area contributed by atoms with E-state index in [9.17, 15) is 9.90 Å². The second-order valence-corrected chi connectivity index (χ2v) is 7.96. The minimum atomic E-state index is -0.451. The fourth-order valence-electron chi connectivity index (χ4n) is 2.37. The van der Waals surface area contributed by atoms with Crippen molar-refractivity contribution in [2.24, 2.45) is 0 Å². The average Bonchev–Trinajstić information content (AvgIpc) is 2.45. The highest BCUT2D eigenvalue weighted by Gasteiger charge is 2.26. The zero-order valence-electron chi connectivity index (χ0n) is 15.7. The van der Waals surface area contributed by atoms with Crippen molar-refractivity contribution < 1.29 is 19.4 Å². The molecule has 1 aromatic rings. The first-order valence-electron chi connectivity index (χ1n) is 8.20. The summed E-state index contributed by atoms with van der Waals surface area (Å²) in [4.78, 5) is 11.0. The molecule has 0 amide bonds. The predicted molar refractivity (Wildman–Crippen MR) is 96.3 cm³/mol. The number of rotatable bonds is 6. The van der Waals surface area contributed by atoms with Gasteiger partial charge in [-0.05, 0) is 39.7 Å². The van der Waals surface area contributed by atoms with E-state index in [2.05, 4.69) is 48.1 Å². The minimum absolute atomic E-state index is 0.167. The summed E-state index contributed by atoms with van der Waals surface area (Å²) in [6, 6.07) is 3.97. The van der Waals surface area contributed by atoms with Crippen LogP contribution in [0.1, 0.15) is 58.2 Å². The number of aromatic hydroxyl groups is 1. The molecule has 24 heavy (non-hydrogen) atoms. The molecule has 0 heterocycles. The highest BCUT2D eigenvalue weighted by atomic mass is 16.6. The van der Waals surface area contributed by atoms with E-state index < -0.39 is 5.97 Å². The Labute approximate surface area is 145 Å². The van der Waals surface area contributed by atoms with E-state index >= 15 is 0 Å². The van der Waals surface area contributed by atoms with E-state index in [4.69, 9.17) is 9.47 Å². The predicted octanol–water partition coefficient (Wildman–Crippen LogP) is 4.23. The monoisotopic (exact) mass is 334 g/mol. The molecule has 0 unspecified atom stereocenters. The number of benzene rings is 1. The number of esters is 1. The molecule has 0 spiro atoms. The molecule has 0 fully saturated rings. The molecule has 4 nitrogen and oxygen atoms in total. The van der Waals surface area contributed by atoms with Crippen LogP contribution in [0.15, 0.2) is 24.8 Å². The maximum atomic E-state index is 11.0. The molecule has 134 valence electrons. The molecule has 0 saturated carbocycles. The van der Waals surface area contributed by atoms with Gasteiger partial charge in [0.2, 0.25) is 0 Å². The van der Waals surface area contributed by atoms with Crippen LogP contribution in [0.5, 0.6) is 5.75 Å². The lowest BCUT2D eigenvalue weighted by Crippen LogP contribution is -2.18. The lowest BCUT2D eigenvalue weighted by Gasteiger charge is -2.28. The standard InChI is InChI=1S/C20H30O4/c1-8-17(21)24-10-9-23-13-14-11-15(19(2,3)4)18(22)16(12-14)20(5,6)7/h8,11-12,22H,1,9-10,13H2,2-7H3. The fourth-order valence-corrected chi connectivity index (χ4v) is 2.37. The van der Waals surface area contributed by atoms with E-state index in [-0.39, 0.29) is 17.4 Å². The summed E-state index contributed by atoms with van der Waals surface area (Å²) in [5, 5.41) is 10.7. The Bertz CT molecular complexity index is 554. The highest BCUT2D eigenvalue weighted by molar-refractivity contribution is 5.81. The van der Waals surface area contributed by atoms with Crippen molar-refractivity contribution in [3.05, 3.63) is 41.5 Å². The molecule has 4 heteroatoms. The lowest BCUT2D eigenvalue weighted by molar-refractivity contribution is -0.139. The SMILES string of the molecule is C=CC(=O)OCCOCc1cc(C(C)(C)C)c(O)c(C(C)(C)C)c1. The van der Waals surface area contributed by atoms with Crippen molar-refractivity contribution in [2.45, 2.75) is 59.0 Å². The summed E-state index contributed by atoms with van der Waals surface area (Å²) in [5.74, 6) is -0.0908. The Morgan fingerprint density at radius 1 is 1.08 bits per heavy atom. The highest BCUT2D eigenvalue weighted by Crippen LogP contribution is 2.39. The van der Waals surface area contributed by atoms with Crippen LogP contribution in [0, 0.1) is 0 Å². The number of carbonyl (C=O) groups is 1. The molecule has 1 N–H and O–H groups in total. The van der Waals surface area contributed by atoms with E-state index in [1.807, 2.05) is 12.1 Å². The molecule has 0 aliphatic rings. The number of carbonyl (C=O) groups excluding carboxylic acids is 1. The van der Waals surface area contributed by atoms with Gasteiger partial charge in [-0.1, -0.05) is 48.1 Å². The van der Waals surface area contributed by atoms with Crippen LogP contribution in [-0.4, -0.2) is 24.3 Å². The van der Waals surface area contributed by atoms with Crippen LogP contribution in [-0.2, 0) is 31.7 Å². The second kappa shape index (κ2) is 7.84. The number of ether oxygens (including phenoxy) is 2. The van der Waals surface area contributed by atoms with E-state index in [0.717, 1.165) is 22.8 Å². The van der Waals surface area contributed by atoms with Gasteiger partial charge in [-0.2, -0.15) is 0 Å². The molecule has 0 atom stereocenters. The first-order valence-corrected chi connectivity index (χ1v) is 8.20. The van der Waals surface area contributed by atoms with Crippen LogP contribution >= 0.6 is 0 Å². The number of phenols is 1. The Balaban J connectivity index is 2.91. The third-order valence-corrected chi connectivity index (χ3v) is 3.69. The molecule has 0 radical (unpaired) electrons. The van der Waals surface area contributed by atoms with E-state index in [1.165, 1.54) is 0 Å². The molecular formula is C20H30O4. The van der Waals surface area contributed by atoms with Crippen LogP contribution in [0.2, 0.25) is 0 Å². The maximum Gasteiger partial charge on any atom is 0.330 e. The van der Waals surface area contributed by atoms with Gasteiger partial charge in [0.05, 0.1) is 13.2 Å². The smallest absolute Gasteiger partial charge is 0.330 e. The van der Waals surface area contributed by atoms with Crippen LogP contribution in [0.3, 0.4) is 0 Å². The minimum Gasteiger partial charge on any atom is -0.507 e. The van der Waals surface area contributed by atoms with Crippen molar-refractivity contribution in [3.8, 4) is 5.75 Å². The summed E-state index contributed by atoms with van der Waals surface area (Å²) in [6.07, 6.45) is 1.13. The third-order valence-electron chi connectivity index (χ3n) is 3.69. The molecule has 0 bridgehead atoms. The van der Waals surface area contributed by atoms with Gasteiger partial charge in [-0.15, -0.1) is 0 Å². The van der Waals surface area contributed by atoms with Gasteiger partial charge in [-0.3, -0.25) is 0 Å². The number of phenolic OH excluding ortho intramolecular Hbond substituents is 1. The van der Waals surface area contributed by atoms with Crippen molar-refractivity contribution >= 4 is 5.97 Å². The first kappa shape index (κ1) is 20.2. The fraction of sp³-hybridized carbons (Fsp3) is 0.550. The number of hydrogen-bond acceptors (Lipinski definition) is 4. The average molecular weight is 334 g/mol. The van der Waals surface area contributed by atoms with Crippen molar-refractivity contribution in [1.82, 2.24) is 0 Å². The van der Waals surface area contributed by atoms with Gasteiger partial charge in [0, 0.05) is 6.08 Å².